The lowest BCUT2D eigenvalue weighted by molar-refractivity contribution is -0.147. The third kappa shape index (κ3) is 5.88. The maximum absolute atomic E-state index is 13.5. The Labute approximate surface area is 219 Å². The van der Waals surface area contributed by atoms with Gasteiger partial charge < -0.3 is 14.4 Å². The van der Waals surface area contributed by atoms with Crippen molar-refractivity contribution in [3.8, 4) is 6.07 Å². The van der Waals surface area contributed by atoms with Gasteiger partial charge in [0.1, 0.15) is 11.8 Å². The predicted molar refractivity (Wildman–Crippen MR) is 134 cm³/mol. The Morgan fingerprint density at radius 1 is 1.11 bits per heavy atom. The number of allylic oxidation sites excluding steroid dienone is 1. The van der Waals surface area contributed by atoms with Gasteiger partial charge in [-0.05, 0) is 56.2 Å². The molecule has 3 rings (SSSR count). The van der Waals surface area contributed by atoms with E-state index in [1.165, 1.54) is 31.2 Å². The van der Waals surface area contributed by atoms with E-state index in [1.807, 2.05) is 13.0 Å². The minimum Gasteiger partial charge on any atom is -0.465 e. The van der Waals surface area contributed by atoms with Crippen molar-refractivity contribution >= 4 is 23.5 Å². The fraction of sp³-hybridized carbons (Fsp3) is 0.357. The quantitative estimate of drug-likeness (QED) is 0.336. The van der Waals surface area contributed by atoms with Crippen LogP contribution in [0.1, 0.15) is 56.2 Å². The van der Waals surface area contributed by atoms with E-state index >= 15 is 0 Å². The zero-order chi connectivity index (χ0) is 28.0. The Kier molecular flexibility index (Phi) is 8.94. The highest BCUT2D eigenvalue weighted by atomic mass is 19.4. The summed E-state index contributed by atoms with van der Waals surface area (Å²) in [5.41, 5.74) is 0.00320. The molecule has 2 unspecified atom stereocenters. The number of esters is 2. The minimum atomic E-state index is -4.64. The highest BCUT2D eigenvalue weighted by Crippen LogP contribution is 2.44. The fourth-order valence-electron chi connectivity index (χ4n) is 4.41. The Morgan fingerprint density at radius 3 is 2.37 bits per heavy atom. The molecule has 7 nitrogen and oxygen atoms in total. The van der Waals surface area contributed by atoms with E-state index in [0.717, 1.165) is 23.5 Å². The second kappa shape index (κ2) is 11.9. The summed E-state index contributed by atoms with van der Waals surface area (Å²) in [6.07, 6.45) is -3.32. The number of hydrogen-bond donors (Lipinski definition) is 1. The Bertz CT molecular complexity index is 1280. The number of nitrogens with zero attached hydrogens (tertiary/aromatic N) is 2. The largest absolute Gasteiger partial charge is 0.465 e. The normalized spacial score (nSPS) is 17.7. The lowest BCUT2D eigenvalue weighted by atomic mass is 9.75. The van der Waals surface area contributed by atoms with Gasteiger partial charge in [-0.15, -0.1) is 0 Å². The monoisotopic (exact) mass is 527 g/mol. The molecule has 0 aromatic heterocycles. The lowest BCUT2D eigenvalue weighted by Gasteiger charge is -2.40. The van der Waals surface area contributed by atoms with Crippen LogP contribution in [0.3, 0.4) is 0 Å². The summed E-state index contributed by atoms with van der Waals surface area (Å²) in [6, 6.07) is 12.5. The predicted octanol–water partition coefficient (Wildman–Crippen LogP) is 5.95. The molecule has 0 aliphatic carbocycles. The van der Waals surface area contributed by atoms with Crippen molar-refractivity contribution in [2.45, 2.75) is 45.7 Å². The number of ether oxygens (including phenoxy) is 2. The van der Waals surface area contributed by atoms with Gasteiger partial charge in [-0.25, -0.2) is 4.79 Å². The molecule has 0 amide bonds. The van der Waals surface area contributed by atoms with Crippen molar-refractivity contribution in [1.29, 1.82) is 10.7 Å². The van der Waals surface area contributed by atoms with Crippen LogP contribution in [0.25, 0.3) is 0 Å². The van der Waals surface area contributed by atoms with Crippen LogP contribution < -0.4 is 4.90 Å². The van der Waals surface area contributed by atoms with Gasteiger partial charge in [-0.3, -0.25) is 10.2 Å². The minimum absolute atomic E-state index is 0.0161. The van der Waals surface area contributed by atoms with Crippen LogP contribution in [0.5, 0.6) is 0 Å². The van der Waals surface area contributed by atoms with Crippen molar-refractivity contribution in [1.82, 2.24) is 0 Å². The van der Waals surface area contributed by atoms with Gasteiger partial charge >= 0.3 is 18.1 Å². The fourth-order valence-corrected chi connectivity index (χ4v) is 4.41. The topological polar surface area (TPSA) is 103 Å². The summed E-state index contributed by atoms with van der Waals surface area (Å²) >= 11 is 0. The summed E-state index contributed by atoms with van der Waals surface area (Å²) < 4.78 is 51.3. The van der Waals surface area contributed by atoms with Crippen LogP contribution in [-0.2, 0) is 25.2 Å². The van der Waals surface area contributed by atoms with Crippen LogP contribution in [0.4, 0.5) is 18.9 Å². The van der Waals surface area contributed by atoms with Gasteiger partial charge in [-0.2, -0.15) is 18.4 Å². The molecule has 1 aliphatic heterocycles. The van der Waals surface area contributed by atoms with Crippen LogP contribution in [0.15, 0.2) is 59.8 Å². The van der Waals surface area contributed by atoms with Gasteiger partial charge in [-0.1, -0.05) is 31.5 Å². The number of halogens is 3. The Hall–Kier alpha value is -4.13. The first kappa shape index (κ1) is 28.4. The zero-order valence-electron chi connectivity index (χ0n) is 21.3. The molecule has 2 aromatic rings. The number of hydrogen-bond acceptors (Lipinski definition) is 6. The van der Waals surface area contributed by atoms with Crippen LogP contribution in [0, 0.1) is 22.7 Å². The number of unbranched alkanes of at least 4 members (excludes halogenated alkanes) is 1. The summed E-state index contributed by atoms with van der Waals surface area (Å²) in [5.74, 6) is -4.28. The molecule has 38 heavy (non-hydrogen) atoms. The van der Waals surface area contributed by atoms with E-state index in [0.29, 0.717) is 17.5 Å². The summed E-state index contributed by atoms with van der Waals surface area (Å²) in [7, 11) is 0. The number of carbonyl (C=O) groups is 2. The number of carbonyl (C=O) groups excluding carboxylic acids is 2. The number of nitriles is 1. The zero-order valence-corrected chi connectivity index (χ0v) is 21.3. The second-order valence-corrected chi connectivity index (χ2v) is 8.70. The maximum atomic E-state index is 13.5. The molecule has 1 aliphatic rings. The molecule has 200 valence electrons. The average Bonchev–Trinajstić information content (AvgIpc) is 2.88. The first-order valence-corrected chi connectivity index (χ1v) is 12.2. The van der Waals surface area contributed by atoms with Crippen molar-refractivity contribution in [2.75, 3.05) is 18.1 Å². The third-order valence-corrected chi connectivity index (χ3v) is 6.23. The molecule has 0 saturated carbocycles. The molecule has 0 saturated heterocycles. The van der Waals surface area contributed by atoms with Crippen molar-refractivity contribution in [3.63, 3.8) is 0 Å². The SMILES string of the molecule is CCCCOC(=O)C1C(=N)N(c2cccc(C(F)(F)F)c2)C(C)=C(C(=O)OCC)C1c1ccc(C#N)cc1. The first-order chi connectivity index (χ1) is 18.0. The summed E-state index contributed by atoms with van der Waals surface area (Å²) in [5, 5.41) is 18.2. The maximum Gasteiger partial charge on any atom is 0.416 e. The smallest absolute Gasteiger partial charge is 0.416 e. The van der Waals surface area contributed by atoms with Crippen LogP contribution in [0.2, 0.25) is 0 Å². The number of benzene rings is 2. The molecular formula is C28H28F3N3O4. The number of amidine groups is 1. The van der Waals surface area contributed by atoms with E-state index < -0.39 is 35.5 Å². The molecule has 10 heteroatoms. The molecule has 2 aromatic carbocycles. The number of alkyl halides is 3. The Morgan fingerprint density at radius 2 is 1.79 bits per heavy atom. The van der Waals surface area contributed by atoms with Crippen molar-refractivity contribution in [3.05, 3.63) is 76.5 Å². The van der Waals surface area contributed by atoms with Gasteiger partial charge in [0.2, 0.25) is 0 Å². The van der Waals surface area contributed by atoms with Crippen LogP contribution in [-0.4, -0.2) is 31.0 Å². The Balaban J connectivity index is 2.27. The molecule has 0 bridgehead atoms. The highest BCUT2D eigenvalue weighted by molar-refractivity contribution is 6.14. The standard InChI is InChI=1S/C28H28F3N3O4/c1-4-6-14-38-27(36)24-23(19-12-10-18(16-32)11-13-19)22(26(35)37-5-2)17(3)34(25(24)33)21-9-7-8-20(15-21)28(29,30)31/h7-13,15,23-24,33H,4-6,14H2,1-3H3. The summed E-state index contributed by atoms with van der Waals surface area (Å²) in [6.45, 7) is 5.12. The van der Waals surface area contributed by atoms with E-state index in [-0.39, 0.29) is 36.0 Å². The third-order valence-electron chi connectivity index (χ3n) is 6.23. The molecule has 0 fully saturated rings. The first-order valence-electron chi connectivity index (χ1n) is 12.2. The van der Waals surface area contributed by atoms with Crippen LogP contribution >= 0.6 is 0 Å². The van der Waals surface area contributed by atoms with E-state index in [4.69, 9.17) is 14.9 Å². The average molecular weight is 528 g/mol. The molecular weight excluding hydrogens is 499 g/mol. The number of anilines is 1. The van der Waals surface area contributed by atoms with Crippen molar-refractivity contribution in [2.24, 2.45) is 5.92 Å². The second-order valence-electron chi connectivity index (χ2n) is 8.70. The summed E-state index contributed by atoms with van der Waals surface area (Å²) in [4.78, 5) is 27.9. The molecule has 1 heterocycles. The van der Waals surface area contributed by atoms with Gasteiger partial charge in [0, 0.05) is 17.3 Å². The van der Waals surface area contributed by atoms with Crippen molar-refractivity contribution < 1.29 is 32.2 Å². The molecule has 0 radical (unpaired) electrons. The van der Waals surface area contributed by atoms with E-state index in [2.05, 4.69) is 0 Å². The van der Waals surface area contributed by atoms with E-state index in [9.17, 15) is 28.0 Å². The number of rotatable bonds is 8. The van der Waals surface area contributed by atoms with Gasteiger partial charge in [0.25, 0.3) is 0 Å². The van der Waals surface area contributed by atoms with Gasteiger partial charge in [0.05, 0.1) is 36.0 Å². The molecule has 2 atom stereocenters. The van der Waals surface area contributed by atoms with E-state index in [1.54, 1.807) is 19.1 Å². The highest BCUT2D eigenvalue weighted by Gasteiger charge is 2.47. The molecule has 1 N–H and O–H groups in total. The number of nitrogens with one attached hydrogen (secondary N) is 1. The van der Waals surface area contributed by atoms with Gasteiger partial charge in [0.15, 0.2) is 0 Å². The molecule has 0 spiro atoms. The lowest BCUT2D eigenvalue weighted by Crippen LogP contribution is -2.48.